The van der Waals surface area contributed by atoms with E-state index in [9.17, 15) is 9.59 Å². The lowest BCUT2D eigenvalue weighted by Gasteiger charge is -2.15. The molecule has 0 bridgehead atoms. The normalized spacial score (nSPS) is 10.2. The van der Waals surface area contributed by atoms with Crippen LogP contribution in [0, 0.1) is 0 Å². The fourth-order valence-corrected chi connectivity index (χ4v) is 1.50. The summed E-state index contributed by atoms with van der Waals surface area (Å²) in [5.74, 6) is -0.312. The molecule has 0 radical (unpaired) electrons. The van der Waals surface area contributed by atoms with Crippen LogP contribution in [0.25, 0.3) is 0 Å². The molecular weight excluding hydrogens is 220 g/mol. The Morgan fingerprint density at radius 2 is 2.29 bits per heavy atom. The summed E-state index contributed by atoms with van der Waals surface area (Å²) in [4.78, 5) is 27.6. The minimum absolute atomic E-state index is 0.137. The van der Waals surface area contributed by atoms with Crippen molar-refractivity contribution in [2.45, 2.75) is 6.54 Å². The van der Waals surface area contributed by atoms with Gasteiger partial charge in [0.15, 0.2) is 5.43 Å². The number of hydrogen-bond donors (Lipinski definition) is 2. The van der Waals surface area contributed by atoms with Crippen molar-refractivity contribution in [2.75, 3.05) is 7.05 Å². The van der Waals surface area contributed by atoms with E-state index in [4.69, 9.17) is 0 Å². The third-order valence-corrected chi connectivity index (χ3v) is 2.38. The van der Waals surface area contributed by atoms with E-state index in [0.29, 0.717) is 6.54 Å². The number of H-pyrrole nitrogens is 2. The molecular formula is C11H12N4O2. The number of pyridine rings is 1. The Morgan fingerprint density at radius 1 is 1.47 bits per heavy atom. The van der Waals surface area contributed by atoms with E-state index in [1.807, 2.05) is 0 Å². The summed E-state index contributed by atoms with van der Waals surface area (Å²) in [6, 6.07) is 1.33. The van der Waals surface area contributed by atoms with E-state index in [1.54, 1.807) is 19.4 Å². The number of carbonyl (C=O) groups excluding carboxylic acids is 1. The van der Waals surface area contributed by atoms with Crippen molar-refractivity contribution >= 4 is 5.91 Å². The van der Waals surface area contributed by atoms with Gasteiger partial charge >= 0.3 is 0 Å². The van der Waals surface area contributed by atoms with Crippen molar-refractivity contribution in [1.29, 1.82) is 0 Å². The standard InChI is InChI=1S/C11H12N4O2/c1-15(7-8-4-13-14-5-8)11(17)9-6-12-3-2-10(9)16/h2-6H,7H2,1H3,(H,12,16)(H,13,14). The molecule has 2 rings (SSSR count). The number of amides is 1. The van der Waals surface area contributed by atoms with Gasteiger partial charge in [0.25, 0.3) is 5.91 Å². The Labute approximate surface area is 97.3 Å². The molecule has 6 nitrogen and oxygen atoms in total. The van der Waals surface area contributed by atoms with Gasteiger partial charge in [-0.05, 0) is 0 Å². The van der Waals surface area contributed by atoms with E-state index in [1.165, 1.54) is 23.4 Å². The molecule has 2 heterocycles. The molecule has 2 N–H and O–H groups in total. The molecule has 0 unspecified atom stereocenters. The highest BCUT2D eigenvalue weighted by Gasteiger charge is 2.15. The zero-order valence-corrected chi connectivity index (χ0v) is 9.30. The van der Waals surface area contributed by atoms with Gasteiger partial charge in [-0.25, -0.2) is 0 Å². The van der Waals surface area contributed by atoms with Crippen LogP contribution in [0.2, 0.25) is 0 Å². The number of nitrogens with one attached hydrogen (secondary N) is 2. The Hall–Kier alpha value is -2.37. The summed E-state index contributed by atoms with van der Waals surface area (Å²) in [5.41, 5.74) is 0.736. The monoisotopic (exact) mass is 232 g/mol. The second kappa shape index (κ2) is 4.65. The van der Waals surface area contributed by atoms with Crippen molar-refractivity contribution in [2.24, 2.45) is 0 Å². The van der Waals surface area contributed by atoms with E-state index in [-0.39, 0.29) is 16.9 Å². The Kier molecular flexibility index (Phi) is 3.04. The smallest absolute Gasteiger partial charge is 0.259 e. The largest absolute Gasteiger partial charge is 0.367 e. The fraction of sp³-hybridized carbons (Fsp3) is 0.182. The first-order chi connectivity index (χ1) is 8.18. The Morgan fingerprint density at radius 3 is 2.94 bits per heavy atom. The third-order valence-electron chi connectivity index (χ3n) is 2.38. The minimum atomic E-state index is -0.312. The van der Waals surface area contributed by atoms with Crippen LogP contribution in [0.4, 0.5) is 0 Å². The summed E-state index contributed by atoms with van der Waals surface area (Å²) in [6.45, 7) is 0.406. The molecule has 0 fully saturated rings. The summed E-state index contributed by atoms with van der Waals surface area (Å²) in [7, 11) is 1.64. The van der Waals surface area contributed by atoms with Crippen molar-refractivity contribution in [3.05, 3.63) is 52.2 Å². The topological polar surface area (TPSA) is 81.8 Å². The molecule has 0 spiro atoms. The second-order valence-corrected chi connectivity index (χ2v) is 3.69. The molecule has 1 amide bonds. The Bertz CT molecular complexity index is 559. The molecule has 88 valence electrons. The number of aromatic amines is 2. The van der Waals surface area contributed by atoms with Crippen LogP contribution in [0.3, 0.4) is 0 Å². The highest BCUT2D eigenvalue weighted by Crippen LogP contribution is 2.03. The summed E-state index contributed by atoms with van der Waals surface area (Å²) in [6.07, 6.45) is 6.25. The lowest BCUT2D eigenvalue weighted by atomic mass is 10.2. The summed E-state index contributed by atoms with van der Waals surface area (Å²) in [5, 5.41) is 6.46. The molecule has 6 heteroatoms. The quantitative estimate of drug-likeness (QED) is 0.802. The molecule has 17 heavy (non-hydrogen) atoms. The molecule has 0 saturated heterocycles. The SMILES string of the molecule is CN(Cc1cn[nH]c1)C(=O)c1c[nH]ccc1=O. The van der Waals surface area contributed by atoms with Gasteiger partial charge in [0.05, 0.1) is 6.20 Å². The molecule has 0 aliphatic heterocycles. The van der Waals surface area contributed by atoms with Crippen LogP contribution in [-0.4, -0.2) is 33.0 Å². The van der Waals surface area contributed by atoms with E-state index >= 15 is 0 Å². The number of nitrogens with zero attached hydrogens (tertiary/aromatic N) is 2. The first-order valence-electron chi connectivity index (χ1n) is 5.08. The van der Waals surface area contributed by atoms with E-state index in [0.717, 1.165) is 5.56 Å². The van der Waals surface area contributed by atoms with Crippen molar-refractivity contribution in [3.63, 3.8) is 0 Å². The number of aromatic nitrogens is 3. The van der Waals surface area contributed by atoms with Gasteiger partial charge in [-0.2, -0.15) is 5.10 Å². The first-order valence-corrected chi connectivity index (χ1v) is 5.08. The van der Waals surface area contributed by atoms with Crippen LogP contribution >= 0.6 is 0 Å². The average Bonchev–Trinajstić information content (AvgIpc) is 2.81. The van der Waals surface area contributed by atoms with Gasteiger partial charge in [-0.15, -0.1) is 0 Å². The Balaban J connectivity index is 2.15. The zero-order chi connectivity index (χ0) is 12.3. The molecule has 0 aromatic carbocycles. The summed E-state index contributed by atoms with van der Waals surface area (Å²) >= 11 is 0. The van der Waals surface area contributed by atoms with Gasteiger partial charge in [0.2, 0.25) is 0 Å². The highest BCUT2D eigenvalue weighted by molar-refractivity contribution is 5.93. The van der Waals surface area contributed by atoms with Gasteiger partial charge < -0.3 is 9.88 Å². The van der Waals surface area contributed by atoms with Crippen molar-refractivity contribution < 1.29 is 4.79 Å². The number of carbonyl (C=O) groups is 1. The first kappa shape index (κ1) is 11.1. The predicted octanol–water partition coefficient (Wildman–Crippen LogP) is 0.370. The number of hydrogen-bond acceptors (Lipinski definition) is 3. The molecule has 0 aliphatic carbocycles. The van der Waals surface area contributed by atoms with Crippen molar-refractivity contribution in [3.8, 4) is 0 Å². The lowest BCUT2D eigenvalue weighted by Crippen LogP contribution is -2.30. The average molecular weight is 232 g/mol. The fourth-order valence-electron chi connectivity index (χ4n) is 1.50. The highest BCUT2D eigenvalue weighted by atomic mass is 16.2. The zero-order valence-electron chi connectivity index (χ0n) is 9.30. The van der Waals surface area contributed by atoms with Crippen LogP contribution in [0.5, 0.6) is 0 Å². The molecule has 2 aromatic heterocycles. The minimum Gasteiger partial charge on any atom is -0.367 e. The van der Waals surface area contributed by atoms with Crippen LogP contribution in [0.1, 0.15) is 15.9 Å². The third kappa shape index (κ3) is 2.41. The predicted molar refractivity (Wildman–Crippen MR) is 61.4 cm³/mol. The second-order valence-electron chi connectivity index (χ2n) is 3.69. The van der Waals surface area contributed by atoms with Crippen LogP contribution < -0.4 is 5.43 Å². The van der Waals surface area contributed by atoms with E-state index in [2.05, 4.69) is 15.2 Å². The number of rotatable bonds is 3. The van der Waals surface area contributed by atoms with Gasteiger partial charge in [0.1, 0.15) is 5.56 Å². The van der Waals surface area contributed by atoms with Gasteiger partial charge in [-0.3, -0.25) is 14.7 Å². The summed E-state index contributed by atoms with van der Waals surface area (Å²) < 4.78 is 0. The van der Waals surface area contributed by atoms with Crippen LogP contribution in [-0.2, 0) is 6.54 Å². The molecule has 2 aromatic rings. The maximum absolute atomic E-state index is 12.0. The lowest BCUT2D eigenvalue weighted by molar-refractivity contribution is 0.0783. The van der Waals surface area contributed by atoms with Gasteiger partial charge in [-0.1, -0.05) is 0 Å². The van der Waals surface area contributed by atoms with Crippen LogP contribution in [0.15, 0.2) is 35.6 Å². The van der Waals surface area contributed by atoms with Crippen molar-refractivity contribution in [1.82, 2.24) is 20.1 Å². The maximum Gasteiger partial charge on any atom is 0.259 e. The van der Waals surface area contributed by atoms with Gasteiger partial charge in [0, 0.05) is 43.8 Å². The molecule has 0 atom stereocenters. The van der Waals surface area contributed by atoms with E-state index < -0.39 is 0 Å². The molecule has 0 saturated carbocycles. The maximum atomic E-state index is 12.0. The molecule has 0 aliphatic rings.